The summed E-state index contributed by atoms with van der Waals surface area (Å²) >= 11 is 0. The van der Waals surface area contributed by atoms with Crippen LogP contribution in [0.25, 0.3) is 0 Å². The first kappa shape index (κ1) is 15.3. The van der Waals surface area contributed by atoms with Crippen molar-refractivity contribution >= 4 is 0 Å². The Balaban J connectivity index is 2.02. The molecule has 4 heteroatoms. The lowest BCUT2D eigenvalue weighted by Crippen LogP contribution is -2.29. The third-order valence-corrected chi connectivity index (χ3v) is 3.70. The summed E-state index contributed by atoms with van der Waals surface area (Å²) in [6.07, 6.45) is 5.05. The van der Waals surface area contributed by atoms with Crippen LogP contribution in [0.15, 0.2) is 18.2 Å². The summed E-state index contributed by atoms with van der Waals surface area (Å²) in [6.45, 7) is 1.91. The van der Waals surface area contributed by atoms with E-state index in [9.17, 15) is 4.39 Å². The lowest BCUT2D eigenvalue weighted by atomic mass is 9.95. The van der Waals surface area contributed by atoms with Crippen LogP contribution in [0.2, 0.25) is 0 Å². The highest BCUT2D eigenvalue weighted by atomic mass is 19.1. The second kappa shape index (κ2) is 7.04. The average Bonchev–Trinajstić information content (AvgIpc) is 2.37. The maximum Gasteiger partial charge on any atom is 0.127 e. The molecule has 1 aromatic carbocycles. The third-order valence-electron chi connectivity index (χ3n) is 3.70. The number of hydrogen-bond donors (Lipinski definition) is 1. The molecule has 2 rings (SSSR count). The van der Waals surface area contributed by atoms with E-state index in [1.54, 1.807) is 7.11 Å². The van der Waals surface area contributed by atoms with Crippen LogP contribution < -0.4 is 10.5 Å². The first-order chi connectivity index (χ1) is 9.56. The van der Waals surface area contributed by atoms with Gasteiger partial charge >= 0.3 is 0 Å². The number of ether oxygens (including phenoxy) is 2. The molecule has 1 aromatic rings. The summed E-state index contributed by atoms with van der Waals surface area (Å²) < 4.78 is 24.9. The normalized spacial score (nSPS) is 24.4. The van der Waals surface area contributed by atoms with E-state index in [0.29, 0.717) is 12.2 Å². The fraction of sp³-hybridized carbons (Fsp3) is 0.625. The first-order valence-corrected chi connectivity index (χ1v) is 7.31. The Morgan fingerprint density at radius 2 is 2.05 bits per heavy atom. The monoisotopic (exact) mass is 281 g/mol. The van der Waals surface area contributed by atoms with E-state index in [1.807, 2.05) is 13.0 Å². The number of methoxy groups -OCH3 is 1. The number of halogens is 1. The predicted octanol–water partition coefficient (Wildman–Crippen LogP) is 3.05. The molecule has 1 aliphatic rings. The Morgan fingerprint density at radius 1 is 1.30 bits per heavy atom. The van der Waals surface area contributed by atoms with Crippen LogP contribution >= 0.6 is 0 Å². The molecule has 0 radical (unpaired) electrons. The van der Waals surface area contributed by atoms with Crippen LogP contribution in [0.4, 0.5) is 4.39 Å². The summed E-state index contributed by atoms with van der Waals surface area (Å²) in [5.41, 5.74) is 6.65. The molecule has 1 saturated carbocycles. The van der Waals surface area contributed by atoms with Gasteiger partial charge in [-0.2, -0.15) is 0 Å². The van der Waals surface area contributed by atoms with Gasteiger partial charge in [-0.25, -0.2) is 4.39 Å². The SMILES string of the molecule is COC1CCCC(Oc2cc(F)cc(CC(C)N)c2)C1. The van der Waals surface area contributed by atoms with E-state index in [0.717, 1.165) is 31.2 Å². The smallest absolute Gasteiger partial charge is 0.127 e. The quantitative estimate of drug-likeness (QED) is 0.902. The highest BCUT2D eigenvalue weighted by Gasteiger charge is 2.23. The molecule has 0 aliphatic heterocycles. The van der Waals surface area contributed by atoms with Gasteiger partial charge in [-0.1, -0.05) is 0 Å². The van der Waals surface area contributed by atoms with Gasteiger partial charge in [0.25, 0.3) is 0 Å². The molecule has 0 spiro atoms. The van der Waals surface area contributed by atoms with Gasteiger partial charge in [0.2, 0.25) is 0 Å². The van der Waals surface area contributed by atoms with Crippen molar-refractivity contribution in [3.63, 3.8) is 0 Å². The minimum absolute atomic E-state index is 0.0113. The largest absolute Gasteiger partial charge is 0.490 e. The molecule has 20 heavy (non-hydrogen) atoms. The van der Waals surface area contributed by atoms with Gasteiger partial charge in [-0.05, 0) is 50.3 Å². The fourth-order valence-electron chi connectivity index (χ4n) is 2.79. The number of rotatable bonds is 5. The zero-order chi connectivity index (χ0) is 14.5. The first-order valence-electron chi connectivity index (χ1n) is 7.31. The van der Waals surface area contributed by atoms with Gasteiger partial charge in [0.05, 0.1) is 6.10 Å². The molecule has 1 fully saturated rings. The molecule has 112 valence electrons. The lowest BCUT2D eigenvalue weighted by molar-refractivity contribution is 0.0208. The highest BCUT2D eigenvalue weighted by molar-refractivity contribution is 5.30. The topological polar surface area (TPSA) is 44.5 Å². The molecule has 0 aromatic heterocycles. The molecular formula is C16H24FNO2. The minimum atomic E-state index is -0.266. The summed E-state index contributed by atoms with van der Waals surface area (Å²) in [4.78, 5) is 0. The fourth-order valence-corrected chi connectivity index (χ4v) is 2.79. The van der Waals surface area contributed by atoms with Crippen molar-refractivity contribution in [3.05, 3.63) is 29.6 Å². The Labute approximate surface area is 120 Å². The van der Waals surface area contributed by atoms with Crippen molar-refractivity contribution in [2.45, 2.75) is 57.3 Å². The molecule has 0 amide bonds. The molecule has 0 saturated heterocycles. The molecular weight excluding hydrogens is 257 g/mol. The Kier molecular flexibility index (Phi) is 5.38. The van der Waals surface area contributed by atoms with Crippen LogP contribution in [-0.4, -0.2) is 25.4 Å². The molecule has 3 nitrogen and oxygen atoms in total. The number of hydrogen-bond acceptors (Lipinski definition) is 3. The van der Waals surface area contributed by atoms with Crippen LogP contribution in [0.5, 0.6) is 5.75 Å². The van der Waals surface area contributed by atoms with Crippen LogP contribution in [0, 0.1) is 5.82 Å². The van der Waals surface area contributed by atoms with Gasteiger partial charge in [0, 0.05) is 25.6 Å². The standard InChI is InChI=1S/C16H24FNO2/c1-11(18)6-12-7-13(17)9-16(8-12)20-15-5-3-4-14(10-15)19-2/h7-9,11,14-15H,3-6,10,18H2,1-2H3. The molecule has 1 aliphatic carbocycles. The Hall–Kier alpha value is -1.13. The van der Waals surface area contributed by atoms with Crippen molar-refractivity contribution in [2.24, 2.45) is 5.73 Å². The molecule has 0 bridgehead atoms. The number of nitrogens with two attached hydrogens (primary N) is 1. The van der Waals surface area contributed by atoms with Gasteiger partial charge in [-0.15, -0.1) is 0 Å². The summed E-state index contributed by atoms with van der Waals surface area (Å²) in [7, 11) is 1.73. The van der Waals surface area contributed by atoms with Gasteiger partial charge in [-0.3, -0.25) is 0 Å². The lowest BCUT2D eigenvalue weighted by Gasteiger charge is -2.28. The maximum atomic E-state index is 13.6. The van der Waals surface area contributed by atoms with E-state index in [-0.39, 0.29) is 24.1 Å². The molecule has 2 N–H and O–H groups in total. The van der Waals surface area contributed by atoms with E-state index < -0.39 is 0 Å². The molecule has 3 unspecified atom stereocenters. The van der Waals surface area contributed by atoms with E-state index in [4.69, 9.17) is 15.2 Å². The van der Waals surface area contributed by atoms with Crippen LogP contribution in [0.1, 0.15) is 38.2 Å². The van der Waals surface area contributed by atoms with Crippen molar-refractivity contribution in [2.75, 3.05) is 7.11 Å². The summed E-state index contributed by atoms with van der Waals surface area (Å²) in [6, 6.07) is 4.87. The predicted molar refractivity (Wildman–Crippen MR) is 77.4 cm³/mol. The Morgan fingerprint density at radius 3 is 2.75 bits per heavy atom. The summed E-state index contributed by atoms with van der Waals surface area (Å²) in [5, 5.41) is 0. The van der Waals surface area contributed by atoms with Crippen molar-refractivity contribution < 1.29 is 13.9 Å². The van der Waals surface area contributed by atoms with Gasteiger partial charge in [0.15, 0.2) is 0 Å². The second-order valence-electron chi connectivity index (χ2n) is 5.74. The van der Waals surface area contributed by atoms with E-state index >= 15 is 0 Å². The molecule has 3 atom stereocenters. The third kappa shape index (κ3) is 4.46. The van der Waals surface area contributed by atoms with Crippen molar-refractivity contribution in [1.29, 1.82) is 0 Å². The number of benzene rings is 1. The van der Waals surface area contributed by atoms with Gasteiger partial charge in [0.1, 0.15) is 17.7 Å². The van der Waals surface area contributed by atoms with E-state index in [1.165, 1.54) is 12.1 Å². The zero-order valence-electron chi connectivity index (χ0n) is 12.3. The zero-order valence-corrected chi connectivity index (χ0v) is 12.3. The van der Waals surface area contributed by atoms with Crippen molar-refractivity contribution in [1.82, 2.24) is 0 Å². The Bertz CT molecular complexity index is 436. The molecule has 0 heterocycles. The van der Waals surface area contributed by atoms with Crippen LogP contribution in [-0.2, 0) is 11.2 Å². The maximum absolute atomic E-state index is 13.6. The van der Waals surface area contributed by atoms with Crippen molar-refractivity contribution in [3.8, 4) is 5.75 Å². The highest BCUT2D eigenvalue weighted by Crippen LogP contribution is 2.26. The van der Waals surface area contributed by atoms with Gasteiger partial charge < -0.3 is 15.2 Å². The minimum Gasteiger partial charge on any atom is -0.490 e. The average molecular weight is 281 g/mol. The second-order valence-corrected chi connectivity index (χ2v) is 5.74. The van der Waals surface area contributed by atoms with E-state index in [2.05, 4.69) is 0 Å². The summed E-state index contributed by atoms with van der Waals surface area (Å²) in [5.74, 6) is 0.333. The van der Waals surface area contributed by atoms with Crippen LogP contribution in [0.3, 0.4) is 0 Å².